The fraction of sp³-hybridized carbons (Fsp3) is 1.00. The van der Waals surface area contributed by atoms with Crippen molar-refractivity contribution in [3.8, 4) is 0 Å². The second-order valence-corrected chi connectivity index (χ2v) is 3.45. The Balaban J connectivity index is 2.33. The molecule has 1 aliphatic rings. The minimum absolute atomic E-state index is 0.279. The zero-order chi connectivity index (χ0) is 8.97. The van der Waals surface area contributed by atoms with Crippen LogP contribution in [0.3, 0.4) is 0 Å². The Morgan fingerprint density at radius 2 is 2.00 bits per heavy atom. The van der Waals surface area contributed by atoms with Gasteiger partial charge in [-0.25, -0.2) is 0 Å². The lowest BCUT2D eigenvalue weighted by Crippen LogP contribution is -2.46. The molecule has 0 bridgehead atoms. The molecular weight excluding hydrogens is 154 g/mol. The molecule has 0 saturated carbocycles. The molecule has 0 amide bonds. The van der Waals surface area contributed by atoms with E-state index in [9.17, 15) is 5.11 Å². The lowest BCUT2D eigenvalue weighted by molar-refractivity contribution is -0.0827. The van der Waals surface area contributed by atoms with Gasteiger partial charge in [0.1, 0.15) is 6.23 Å². The number of hydrogen-bond acceptors (Lipinski definition) is 3. The number of rotatable bonds is 3. The Hall–Kier alpha value is -0.120. The van der Waals surface area contributed by atoms with Gasteiger partial charge < -0.3 is 9.84 Å². The van der Waals surface area contributed by atoms with Gasteiger partial charge in [-0.2, -0.15) is 0 Å². The van der Waals surface area contributed by atoms with Crippen molar-refractivity contribution in [2.45, 2.75) is 26.5 Å². The summed E-state index contributed by atoms with van der Waals surface area (Å²) in [5.74, 6) is 0.364. The van der Waals surface area contributed by atoms with Gasteiger partial charge in [-0.05, 0) is 12.3 Å². The van der Waals surface area contributed by atoms with E-state index in [0.717, 1.165) is 32.7 Å². The Labute approximate surface area is 74.3 Å². The van der Waals surface area contributed by atoms with E-state index in [1.165, 1.54) is 0 Å². The van der Waals surface area contributed by atoms with Gasteiger partial charge in [0.15, 0.2) is 0 Å². The van der Waals surface area contributed by atoms with Crippen LogP contribution in [0.15, 0.2) is 0 Å². The molecule has 1 saturated heterocycles. The second kappa shape index (κ2) is 4.80. The number of aliphatic hydroxyl groups excluding tert-OH is 1. The Morgan fingerprint density at radius 3 is 2.50 bits per heavy atom. The van der Waals surface area contributed by atoms with Crippen molar-refractivity contribution in [2.75, 3.05) is 26.3 Å². The Morgan fingerprint density at radius 1 is 1.42 bits per heavy atom. The molecule has 3 nitrogen and oxygen atoms in total. The largest absolute Gasteiger partial charge is 0.379 e. The summed E-state index contributed by atoms with van der Waals surface area (Å²) in [5, 5.41) is 9.81. The Kier molecular flexibility index (Phi) is 3.98. The number of ether oxygens (including phenoxy) is 1. The van der Waals surface area contributed by atoms with E-state index in [1.54, 1.807) is 0 Å². The van der Waals surface area contributed by atoms with Crippen LogP contribution >= 0.6 is 0 Å². The molecule has 0 aromatic carbocycles. The molecule has 3 heteroatoms. The summed E-state index contributed by atoms with van der Waals surface area (Å²) in [6.45, 7) is 7.44. The van der Waals surface area contributed by atoms with Crippen LogP contribution in [-0.2, 0) is 4.74 Å². The summed E-state index contributed by atoms with van der Waals surface area (Å²) in [6.07, 6.45) is 0.748. The molecule has 2 unspecified atom stereocenters. The molecule has 2 atom stereocenters. The maximum atomic E-state index is 9.81. The van der Waals surface area contributed by atoms with Crippen LogP contribution in [0.25, 0.3) is 0 Å². The lowest BCUT2D eigenvalue weighted by atomic mass is 10.1. The molecule has 1 fully saturated rings. The van der Waals surface area contributed by atoms with E-state index < -0.39 is 0 Å². The van der Waals surface area contributed by atoms with Crippen LogP contribution in [0.4, 0.5) is 0 Å². The molecule has 72 valence electrons. The van der Waals surface area contributed by atoms with Crippen LogP contribution in [0.1, 0.15) is 20.3 Å². The summed E-state index contributed by atoms with van der Waals surface area (Å²) >= 11 is 0. The first-order chi connectivity index (χ1) is 5.75. The van der Waals surface area contributed by atoms with Crippen molar-refractivity contribution in [1.82, 2.24) is 4.90 Å². The van der Waals surface area contributed by atoms with E-state index in [1.807, 2.05) is 0 Å². The highest BCUT2D eigenvalue weighted by Gasteiger charge is 2.22. The number of nitrogens with zero attached hydrogens (tertiary/aromatic N) is 1. The number of morpholine rings is 1. The van der Waals surface area contributed by atoms with Crippen molar-refractivity contribution in [1.29, 1.82) is 0 Å². The minimum Gasteiger partial charge on any atom is -0.379 e. The molecule has 1 heterocycles. The normalized spacial score (nSPS) is 25.2. The molecular formula is C9H19NO2. The summed E-state index contributed by atoms with van der Waals surface area (Å²) in [5.41, 5.74) is 0. The summed E-state index contributed by atoms with van der Waals surface area (Å²) in [4.78, 5) is 2.09. The fourth-order valence-electron chi connectivity index (χ4n) is 1.41. The average Bonchev–Trinajstić information content (AvgIpc) is 2.17. The number of hydrogen-bond donors (Lipinski definition) is 1. The molecule has 0 spiro atoms. The molecule has 1 N–H and O–H groups in total. The number of aliphatic hydroxyl groups is 1. The maximum Gasteiger partial charge on any atom is 0.110 e. The van der Waals surface area contributed by atoms with E-state index >= 15 is 0 Å². The van der Waals surface area contributed by atoms with Crippen molar-refractivity contribution in [3.05, 3.63) is 0 Å². The van der Waals surface area contributed by atoms with Crippen molar-refractivity contribution in [2.24, 2.45) is 5.92 Å². The van der Waals surface area contributed by atoms with Gasteiger partial charge in [0.25, 0.3) is 0 Å². The van der Waals surface area contributed by atoms with Crippen molar-refractivity contribution < 1.29 is 9.84 Å². The first-order valence-electron chi connectivity index (χ1n) is 4.75. The molecule has 12 heavy (non-hydrogen) atoms. The first kappa shape index (κ1) is 9.96. The van der Waals surface area contributed by atoms with Gasteiger partial charge in [0, 0.05) is 13.1 Å². The first-order valence-corrected chi connectivity index (χ1v) is 4.75. The third-order valence-corrected chi connectivity index (χ3v) is 2.57. The summed E-state index contributed by atoms with van der Waals surface area (Å²) < 4.78 is 5.21. The highest BCUT2D eigenvalue weighted by molar-refractivity contribution is 4.69. The van der Waals surface area contributed by atoms with Crippen LogP contribution in [0.2, 0.25) is 0 Å². The third kappa shape index (κ3) is 2.44. The molecule has 1 aliphatic heterocycles. The predicted octanol–water partition coefficient (Wildman–Crippen LogP) is 0.683. The topological polar surface area (TPSA) is 32.7 Å². The monoisotopic (exact) mass is 173 g/mol. The maximum absolute atomic E-state index is 9.81. The van der Waals surface area contributed by atoms with Gasteiger partial charge in [-0.15, -0.1) is 0 Å². The van der Waals surface area contributed by atoms with Gasteiger partial charge in [0.05, 0.1) is 13.2 Å². The highest BCUT2D eigenvalue weighted by atomic mass is 16.5. The SMILES string of the molecule is CCC(C)C(O)N1CCOCC1. The van der Waals surface area contributed by atoms with Gasteiger partial charge in [0.2, 0.25) is 0 Å². The highest BCUT2D eigenvalue weighted by Crippen LogP contribution is 2.13. The Bertz CT molecular complexity index is 124. The van der Waals surface area contributed by atoms with Crippen LogP contribution in [0.5, 0.6) is 0 Å². The third-order valence-electron chi connectivity index (χ3n) is 2.57. The van der Waals surface area contributed by atoms with E-state index in [2.05, 4.69) is 18.7 Å². The van der Waals surface area contributed by atoms with Gasteiger partial charge in [-0.3, -0.25) is 4.90 Å². The van der Waals surface area contributed by atoms with Gasteiger partial charge >= 0.3 is 0 Å². The zero-order valence-electron chi connectivity index (χ0n) is 7.99. The molecule has 0 aromatic heterocycles. The molecule has 0 aliphatic carbocycles. The zero-order valence-corrected chi connectivity index (χ0v) is 7.99. The molecule has 0 aromatic rings. The predicted molar refractivity (Wildman–Crippen MR) is 47.9 cm³/mol. The average molecular weight is 173 g/mol. The lowest BCUT2D eigenvalue weighted by Gasteiger charge is -2.33. The second-order valence-electron chi connectivity index (χ2n) is 3.45. The van der Waals surface area contributed by atoms with Crippen molar-refractivity contribution in [3.63, 3.8) is 0 Å². The van der Waals surface area contributed by atoms with E-state index in [0.29, 0.717) is 5.92 Å². The smallest absolute Gasteiger partial charge is 0.110 e. The van der Waals surface area contributed by atoms with Crippen molar-refractivity contribution >= 4 is 0 Å². The van der Waals surface area contributed by atoms with Gasteiger partial charge in [-0.1, -0.05) is 13.8 Å². The quantitative estimate of drug-likeness (QED) is 0.681. The van der Waals surface area contributed by atoms with Crippen LogP contribution < -0.4 is 0 Å². The summed E-state index contributed by atoms with van der Waals surface area (Å²) in [6, 6.07) is 0. The molecule has 0 radical (unpaired) electrons. The minimum atomic E-state index is -0.279. The van der Waals surface area contributed by atoms with E-state index in [4.69, 9.17) is 4.74 Å². The fourth-order valence-corrected chi connectivity index (χ4v) is 1.41. The van der Waals surface area contributed by atoms with E-state index in [-0.39, 0.29) is 6.23 Å². The standard InChI is InChI=1S/C9H19NO2/c1-3-8(2)9(11)10-4-6-12-7-5-10/h8-9,11H,3-7H2,1-2H3. The summed E-state index contributed by atoms with van der Waals surface area (Å²) in [7, 11) is 0. The molecule has 1 rings (SSSR count). The van der Waals surface area contributed by atoms with Crippen LogP contribution in [-0.4, -0.2) is 42.5 Å². The van der Waals surface area contributed by atoms with Crippen LogP contribution in [0, 0.1) is 5.92 Å².